The molecule has 10 atom stereocenters. The molecule has 2 N–H and O–H groups in total. The molecule has 2 heterocycles. The van der Waals surface area contributed by atoms with Crippen molar-refractivity contribution in [3.63, 3.8) is 0 Å². The Bertz CT molecular complexity index is 1260. The van der Waals surface area contributed by atoms with Gasteiger partial charge in [-0.05, 0) is 157 Å². The number of ether oxygens (including phenoxy) is 2. The highest BCUT2D eigenvalue weighted by Crippen LogP contribution is 2.45. The van der Waals surface area contributed by atoms with Crippen molar-refractivity contribution in [2.75, 3.05) is 13.2 Å². The lowest BCUT2D eigenvalue weighted by atomic mass is 9.82. The number of rotatable bonds is 20. The predicted molar refractivity (Wildman–Crippen MR) is 253 cm³/mol. The summed E-state index contributed by atoms with van der Waals surface area (Å²) in [5, 5.41) is 26.8. The Balaban J connectivity index is 3.13. The Labute approximate surface area is 361 Å². The molecule has 0 amide bonds. The standard InChI is InChI=1S/C37H86O13Si8/c1-51(2,3)41-25-27-29(45-53(7,8)9)31(47-55(13,14)15)33(49-57(19,20)21)36(39,43-27)35(38)37(40)34(50-58(22,23)24)32(48-56(16,17)18)30(46-54(10,11)12)28(44-37)26-42-52(4,5)6/h27-34,39-40H,25-26H2,1-24H3/t27-,28+,29-,30+,31+,32-,33-,34+,36?,37?. The summed E-state index contributed by atoms with van der Waals surface area (Å²) in [6, 6.07) is 0. The first kappa shape index (κ1) is 55.1. The molecular weight excluding hydrogens is 877 g/mol. The zero-order valence-electron chi connectivity index (χ0n) is 40.9. The van der Waals surface area contributed by atoms with E-state index in [4.69, 9.17) is 44.9 Å². The van der Waals surface area contributed by atoms with E-state index >= 15 is 4.79 Å². The number of carbonyl (C=O) groups is 1. The summed E-state index contributed by atoms with van der Waals surface area (Å²) >= 11 is 0. The molecule has 0 aliphatic carbocycles. The van der Waals surface area contributed by atoms with Crippen molar-refractivity contribution in [3.8, 4) is 0 Å². The van der Waals surface area contributed by atoms with Crippen molar-refractivity contribution in [3.05, 3.63) is 0 Å². The van der Waals surface area contributed by atoms with Gasteiger partial charge in [0, 0.05) is 0 Å². The molecule has 2 aliphatic rings. The predicted octanol–water partition coefficient (Wildman–Crippen LogP) is 7.75. The van der Waals surface area contributed by atoms with Crippen molar-refractivity contribution in [1.29, 1.82) is 0 Å². The zero-order chi connectivity index (χ0) is 45.7. The van der Waals surface area contributed by atoms with E-state index in [0.29, 0.717) is 0 Å². The maximum Gasteiger partial charge on any atom is 0.261 e. The van der Waals surface area contributed by atoms with Crippen LogP contribution in [0.5, 0.6) is 0 Å². The van der Waals surface area contributed by atoms with Crippen LogP contribution in [0, 0.1) is 0 Å². The number of ketones is 1. The van der Waals surface area contributed by atoms with Gasteiger partial charge in [-0.1, -0.05) is 0 Å². The van der Waals surface area contributed by atoms with Gasteiger partial charge >= 0.3 is 0 Å². The molecule has 0 aromatic carbocycles. The van der Waals surface area contributed by atoms with Gasteiger partial charge in [0.25, 0.3) is 17.4 Å². The van der Waals surface area contributed by atoms with Gasteiger partial charge in [0.05, 0.1) is 13.2 Å². The van der Waals surface area contributed by atoms with Gasteiger partial charge in [-0.2, -0.15) is 0 Å². The fourth-order valence-corrected chi connectivity index (χ4v) is 14.5. The second kappa shape index (κ2) is 18.8. The molecule has 0 bridgehead atoms. The average Bonchev–Trinajstić information content (AvgIpc) is 2.93. The van der Waals surface area contributed by atoms with Crippen LogP contribution < -0.4 is 0 Å². The minimum absolute atomic E-state index is 0.0139. The second-order valence-electron chi connectivity index (χ2n) is 24.0. The molecule has 2 fully saturated rings. The highest BCUT2D eigenvalue weighted by atomic mass is 28.4. The number of hydrogen-bond donors (Lipinski definition) is 2. The monoisotopic (exact) mass is 962 g/mol. The van der Waals surface area contributed by atoms with Crippen LogP contribution in [0.15, 0.2) is 0 Å². The van der Waals surface area contributed by atoms with E-state index in [2.05, 4.69) is 78.6 Å². The van der Waals surface area contributed by atoms with Crippen LogP contribution in [0.3, 0.4) is 0 Å². The van der Waals surface area contributed by atoms with Crippen molar-refractivity contribution in [2.24, 2.45) is 0 Å². The van der Waals surface area contributed by atoms with E-state index in [1.807, 2.05) is 78.6 Å². The Morgan fingerprint density at radius 2 is 0.621 bits per heavy atom. The lowest BCUT2D eigenvalue weighted by Gasteiger charge is -2.57. The van der Waals surface area contributed by atoms with E-state index in [1.165, 1.54) is 0 Å². The third kappa shape index (κ3) is 17.5. The first-order valence-corrected chi connectivity index (χ1v) is 48.3. The summed E-state index contributed by atoms with van der Waals surface area (Å²) in [7, 11) is -19.3. The third-order valence-corrected chi connectivity index (χ3v) is 16.2. The molecule has 2 saturated heterocycles. The van der Waals surface area contributed by atoms with Crippen molar-refractivity contribution >= 4 is 72.3 Å². The fourth-order valence-electron chi connectivity index (χ4n) is 6.72. The van der Waals surface area contributed by atoms with Crippen molar-refractivity contribution in [2.45, 2.75) is 218 Å². The molecule has 0 aromatic rings. The van der Waals surface area contributed by atoms with Crippen molar-refractivity contribution in [1.82, 2.24) is 0 Å². The van der Waals surface area contributed by atoms with E-state index in [1.54, 1.807) is 0 Å². The normalized spacial score (nSPS) is 32.7. The van der Waals surface area contributed by atoms with Gasteiger partial charge in [-0.3, -0.25) is 4.79 Å². The summed E-state index contributed by atoms with van der Waals surface area (Å²) in [5.41, 5.74) is 0. The molecule has 0 radical (unpaired) electrons. The quantitative estimate of drug-likeness (QED) is 0.115. The first-order chi connectivity index (χ1) is 25.4. The molecule has 0 aromatic heterocycles. The molecule has 2 rings (SSSR count). The Kier molecular flexibility index (Phi) is 17.8. The summed E-state index contributed by atoms with van der Waals surface area (Å²) in [6.45, 7) is 49.0. The van der Waals surface area contributed by atoms with E-state index < -0.39 is 133 Å². The topological polar surface area (TPSA) is 150 Å². The van der Waals surface area contributed by atoms with E-state index in [9.17, 15) is 10.2 Å². The number of aliphatic hydroxyl groups is 2. The molecule has 13 nitrogen and oxygen atoms in total. The van der Waals surface area contributed by atoms with Gasteiger partial charge in [0.15, 0.2) is 66.5 Å². The van der Waals surface area contributed by atoms with E-state index in [0.717, 1.165) is 0 Å². The van der Waals surface area contributed by atoms with Gasteiger partial charge in [0.1, 0.15) is 48.8 Å². The summed E-state index contributed by atoms with van der Waals surface area (Å²) in [5.74, 6) is -6.81. The fraction of sp³-hybridized carbons (Fsp3) is 0.973. The molecular formula is C37H86O13Si8. The Morgan fingerprint density at radius 3 is 0.828 bits per heavy atom. The molecule has 21 heteroatoms. The number of carbonyl (C=O) groups excluding carboxylic acids is 1. The zero-order valence-corrected chi connectivity index (χ0v) is 48.9. The molecule has 58 heavy (non-hydrogen) atoms. The third-order valence-electron chi connectivity index (χ3n) is 8.34. The van der Waals surface area contributed by atoms with Crippen LogP contribution >= 0.6 is 0 Å². The minimum Gasteiger partial charge on any atom is -0.415 e. The van der Waals surface area contributed by atoms with Crippen molar-refractivity contribution < 1.29 is 59.9 Å². The molecule has 0 spiro atoms. The summed E-state index contributed by atoms with van der Waals surface area (Å²) < 4.78 is 68.0. The van der Waals surface area contributed by atoms with Crippen LogP contribution in [0.4, 0.5) is 0 Å². The second-order valence-corrected chi connectivity index (χ2v) is 59.8. The van der Waals surface area contributed by atoms with Gasteiger partial charge in [0.2, 0.25) is 0 Å². The van der Waals surface area contributed by atoms with E-state index in [-0.39, 0.29) is 13.2 Å². The number of Topliss-reactive ketones (excluding diaryl/α,β-unsaturated/α-hetero) is 1. The highest BCUT2D eigenvalue weighted by Gasteiger charge is 2.71. The van der Waals surface area contributed by atoms with Crippen LogP contribution in [0.1, 0.15) is 0 Å². The summed E-state index contributed by atoms with van der Waals surface area (Å²) in [4.78, 5) is 16.0. The molecule has 2 unspecified atom stereocenters. The van der Waals surface area contributed by atoms with Crippen LogP contribution in [0.25, 0.3) is 0 Å². The molecule has 344 valence electrons. The van der Waals surface area contributed by atoms with Gasteiger partial charge < -0.3 is 55.1 Å². The van der Waals surface area contributed by atoms with Crippen LogP contribution in [-0.2, 0) is 49.7 Å². The Morgan fingerprint density at radius 1 is 0.397 bits per heavy atom. The average molecular weight is 964 g/mol. The van der Waals surface area contributed by atoms with Crippen LogP contribution in [-0.4, -0.2) is 156 Å². The van der Waals surface area contributed by atoms with Crippen LogP contribution in [0.2, 0.25) is 157 Å². The molecule has 2 aliphatic heterocycles. The largest absolute Gasteiger partial charge is 0.415 e. The highest BCUT2D eigenvalue weighted by molar-refractivity contribution is 6.72. The smallest absolute Gasteiger partial charge is 0.261 e. The minimum atomic E-state index is -2.83. The maximum atomic E-state index is 16.0. The maximum absolute atomic E-state index is 16.0. The lowest BCUT2D eigenvalue weighted by molar-refractivity contribution is -0.360. The van der Waals surface area contributed by atoms with Gasteiger partial charge in [-0.25, -0.2) is 0 Å². The van der Waals surface area contributed by atoms with Gasteiger partial charge in [-0.15, -0.1) is 0 Å². The first-order valence-electron chi connectivity index (χ1n) is 21.0. The SMILES string of the molecule is C[Si](C)(C)OC[C@@H]1OC(O)(C(=O)C2(O)O[C@H](CO[Si](C)(C)C)[C@@H](O[Si](C)(C)C)[C@H](O[Si](C)(C)C)[C@H]2O[Si](C)(C)C)[C@@H](O[Si](C)(C)C)[C@H](O[Si](C)(C)C)[C@H]1O[Si](C)(C)C. The lowest BCUT2D eigenvalue weighted by Crippen LogP contribution is -2.80. The Hall–Kier alpha value is 0.925. The summed E-state index contributed by atoms with van der Waals surface area (Å²) in [6.07, 6.45) is -8.31. The molecule has 0 saturated carbocycles. The number of hydrogen-bond acceptors (Lipinski definition) is 13.